The van der Waals surface area contributed by atoms with Crippen LogP contribution in [0.4, 0.5) is 20.2 Å². The molecule has 0 aliphatic rings. The lowest BCUT2D eigenvalue weighted by Crippen LogP contribution is -2.16. The van der Waals surface area contributed by atoms with Gasteiger partial charge in [-0.25, -0.2) is 17.2 Å². The molecule has 2 aromatic rings. The predicted octanol–water partition coefficient (Wildman–Crippen LogP) is 2.96. The van der Waals surface area contributed by atoms with E-state index in [1.807, 2.05) is 4.72 Å². The Morgan fingerprint density at radius 2 is 1.71 bits per heavy atom. The molecule has 0 aliphatic heterocycles. The van der Waals surface area contributed by atoms with Gasteiger partial charge in [-0.05, 0) is 49.2 Å². The summed E-state index contributed by atoms with van der Waals surface area (Å²) in [6, 6.07) is 6.41. The second kappa shape index (κ2) is 5.33. The molecule has 0 amide bonds. The number of aryl methyl sites for hydroxylation is 2. The van der Waals surface area contributed by atoms with Crippen molar-refractivity contribution in [3.8, 4) is 0 Å². The van der Waals surface area contributed by atoms with Gasteiger partial charge < -0.3 is 5.73 Å². The summed E-state index contributed by atoms with van der Waals surface area (Å²) in [5.74, 6) is -1.92. The molecular weight excluding hydrogens is 298 g/mol. The van der Waals surface area contributed by atoms with Crippen molar-refractivity contribution in [3.05, 3.63) is 53.1 Å². The topological polar surface area (TPSA) is 72.2 Å². The van der Waals surface area contributed by atoms with Crippen LogP contribution in [-0.2, 0) is 10.0 Å². The molecule has 3 N–H and O–H groups in total. The van der Waals surface area contributed by atoms with E-state index in [4.69, 9.17) is 5.73 Å². The Balaban J connectivity index is 2.50. The van der Waals surface area contributed by atoms with Crippen molar-refractivity contribution in [2.45, 2.75) is 18.7 Å². The molecule has 2 rings (SSSR count). The SMILES string of the molecule is Cc1cc(N)ccc1S(=O)(=O)Nc1c(F)ccc(C)c1F. The van der Waals surface area contributed by atoms with Crippen LogP contribution in [0.5, 0.6) is 0 Å². The number of nitrogens with two attached hydrogens (primary N) is 1. The summed E-state index contributed by atoms with van der Waals surface area (Å²) < 4.78 is 54.0. The van der Waals surface area contributed by atoms with Gasteiger partial charge in [-0.15, -0.1) is 0 Å². The molecule has 0 saturated carbocycles. The van der Waals surface area contributed by atoms with E-state index in [9.17, 15) is 17.2 Å². The van der Waals surface area contributed by atoms with Gasteiger partial charge in [0.05, 0.1) is 4.90 Å². The van der Waals surface area contributed by atoms with Gasteiger partial charge in [0.2, 0.25) is 0 Å². The summed E-state index contributed by atoms with van der Waals surface area (Å²) >= 11 is 0. The van der Waals surface area contributed by atoms with Crippen LogP contribution < -0.4 is 10.5 Å². The highest BCUT2D eigenvalue weighted by Gasteiger charge is 2.21. The third-order valence-electron chi connectivity index (χ3n) is 3.01. The summed E-state index contributed by atoms with van der Waals surface area (Å²) in [7, 11) is -4.11. The number of benzene rings is 2. The van der Waals surface area contributed by atoms with E-state index in [-0.39, 0.29) is 10.5 Å². The van der Waals surface area contributed by atoms with Crippen LogP contribution in [0.3, 0.4) is 0 Å². The summed E-state index contributed by atoms with van der Waals surface area (Å²) in [5.41, 5.74) is 5.80. The standard InChI is InChI=1S/C14H14F2N2O2S/c1-8-3-5-11(15)14(13(8)16)18-21(19,20)12-6-4-10(17)7-9(12)2/h3-7,18H,17H2,1-2H3. The third kappa shape index (κ3) is 2.97. The minimum absolute atomic E-state index is 0.0861. The van der Waals surface area contributed by atoms with E-state index in [1.54, 1.807) is 6.92 Å². The Morgan fingerprint density at radius 1 is 1.05 bits per heavy atom. The van der Waals surface area contributed by atoms with E-state index >= 15 is 0 Å². The Kier molecular flexibility index (Phi) is 3.87. The smallest absolute Gasteiger partial charge is 0.262 e. The van der Waals surface area contributed by atoms with Gasteiger partial charge in [0, 0.05) is 5.69 Å². The van der Waals surface area contributed by atoms with Crippen LogP contribution in [0.1, 0.15) is 11.1 Å². The highest BCUT2D eigenvalue weighted by atomic mass is 32.2. The fourth-order valence-corrected chi connectivity index (χ4v) is 3.21. The monoisotopic (exact) mass is 312 g/mol. The molecule has 0 saturated heterocycles. The lowest BCUT2D eigenvalue weighted by molar-refractivity contribution is 0.578. The molecule has 0 bridgehead atoms. The first kappa shape index (κ1) is 15.2. The summed E-state index contributed by atoms with van der Waals surface area (Å²) in [5, 5.41) is 0. The summed E-state index contributed by atoms with van der Waals surface area (Å²) in [6.07, 6.45) is 0. The second-order valence-electron chi connectivity index (χ2n) is 4.68. The fourth-order valence-electron chi connectivity index (χ4n) is 1.91. The minimum atomic E-state index is -4.11. The average Bonchev–Trinajstić information content (AvgIpc) is 2.39. The van der Waals surface area contributed by atoms with Crippen molar-refractivity contribution < 1.29 is 17.2 Å². The van der Waals surface area contributed by atoms with Crippen molar-refractivity contribution >= 4 is 21.4 Å². The Morgan fingerprint density at radius 3 is 2.33 bits per heavy atom. The zero-order valence-electron chi connectivity index (χ0n) is 11.4. The van der Waals surface area contributed by atoms with E-state index in [0.717, 1.165) is 6.07 Å². The van der Waals surface area contributed by atoms with Crippen LogP contribution in [0.25, 0.3) is 0 Å². The van der Waals surface area contributed by atoms with E-state index in [1.165, 1.54) is 31.2 Å². The molecule has 4 nitrogen and oxygen atoms in total. The Hall–Kier alpha value is -2.15. The Labute approximate surface area is 121 Å². The lowest BCUT2D eigenvalue weighted by Gasteiger charge is -2.13. The van der Waals surface area contributed by atoms with E-state index in [2.05, 4.69) is 0 Å². The maximum atomic E-state index is 13.9. The van der Waals surface area contributed by atoms with Crippen LogP contribution >= 0.6 is 0 Å². The molecule has 0 aromatic heterocycles. The number of hydrogen-bond donors (Lipinski definition) is 2. The van der Waals surface area contributed by atoms with Crippen molar-refractivity contribution in [2.75, 3.05) is 10.5 Å². The first-order chi connectivity index (χ1) is 9.72. The molecule has 21 heavy (non-hydrogen) atoms. The molecule has 0 atom stereocenters. The van der Waals surface area contributed by atoms with Crippen LogP contribution in [0.15, 0.2) is 35.2 Å². The minimum Gasteiger partial charge on any atom is -0.399 e. The van der Waals surface area contributed by atoms with Crippen LogP contribution in [-0.4, -0.2) is 8.42 Å². The average molecular weight is 312 g/mol. The summed E-state index contributed by atoms with van der Waals surface area (Å²) in [6.45, 7) is 2.97. The van der Waals surface area contributed by atoms with Gasteiger partial charge in [-0.3, -0.25) is 4.72 Å². The third-order valence-corrected chi connectivity index (χ3v) is 4.52. The van der Waals surface area contributed by atoms with Crippen molar-refractivity contribution in [1.29, 1.82) is 0 Å². The molecule has 0 radical (unpaired) electrons. The number of hydrogen-bond acceptors (Lipinski definition) is 3. The zero-order chi connectivity index (χ0) is 15.8. The highest BCUT2D eigenvalue weighted by molar-refractivity contribution is 7.92. The maximum Gasteiger partial charge on any atom is 0.262 e. The van der Waals surface area contributed by atoms with Gasteiger partial charge in [0.25, 0.3) is 10.0 Å². The van der Waals surface area contributed by atoms with Gasteiger partial charge in [-0.1, -0.05) is 6.07 Å². The largest absolute Gasteiger partial charge is 0.399 e. The number of halogens is 2. The van der Waals surface area contributed by atoms with E-state index in [0.29, 0.717) is 11.3 Å². The first-order valence-corrected chi connectivity index (χ1v) is 7.54. The molecular formula is C14H14F2N2O2S. The van der Waals surface area contributed by atoms with Crippen molar-refractivity contribution in [3.63, 3.8) is 0 Å². The first-order valence-electron chi connectivity index (χ1n) is 6.06. The van der Waals surface area contributed by atoms with Gasteiger partial charge in [0.15, 0.2) is 5.82 Å². The number of sulfonamides is 1. The normalized spacial score (nSPS) is 11.4. The predicted molar refractivity (Wildman–Crippen MR) is 77.5 cm³/mol. The summed E-state index contributed by atoms with van der Waals surface area (Å²) in [4.78, 5) is -0.0861. The Bertz CT molecular complexity index is 805. The van der Waals surface area contributed by atoms with Crippen molar-refractivity contribution in [1.82, 2.24) is 0 Å². The molecule has 7 heteroatoms. The van der Waals surface area contributed by atoms with Crippen LogP contribution in [0, 0.1) is 25.5 Å². The number of nitrogen functional groups attached to an aromatic ring is 1. The number of anilines is 2. The number of rotatable bonds is 3. The molecule has 0 aliphatic carbocycles. The van der Waals surface area contributed by atoms with Gasteiger partial charge in [-0.2, -0.15) is 0 Å². The molecule has 0 spiro atoms. The second-order valence-corrected chi connectivity index (χ2v) is 6.33. The maximum absolute atomic E-state index is 13.9. The molecule has 0 fully saturated rings. The molecule has 0 unspecified atom stereocenters. The lowest BCUT2D eigenvalue weighted by atomic mass is 10.2. The quantitative estimate of drug-likeness (QED) is 0.856. The van der Waals surface area contributed by atoms with Gasteiger partial charge in [0.1, 0.15) is 11.5 Å². The zero-order valence-corrected chi connectivity index (χ0v) is 12.3. The van der Waals surface area contributed by atoms with E-state index < -0.39 is 27.3 Å². The number of nitrogens with one attached hydrogen (secondary N) is 1. The molecule has 112 valence electrons. The van der Waals surface area contributed by atoms with Crippen LogP contribution in [0.2, 0.25) is 0 Å². The molecule has 0 heterocycles. The van der Waals surface area contributed by atoms with Gasteiger partial charge >= 0.3 is 0 Å². The molecule has 2 aromatic carbocycles. The fraction of sp³-hybridized carbons (Fsp3) is 0.143. The highest BCUT2D eigenvalue weighted by Crippen LogP contribution is 2.26. The van der Waals surface area contributed by atoms with Crippen molar-refractivity contribution in [2.24, 2.45) is 0 Å².